The summed E-state index contributed by atoms with van der Waals surface area (Å²) in [6.45, 7) is 9.96. The Kier molecular flexibility index (Phi) is 13.2. The first-order valence-corrected chi connectivity index (χ1v) is 21.3. The van der Waals surface area contributed by atoms with Crippen LogP contribution in [0.2, 0.25) is 0 Å². The zero-order valence-electron chi connectivity index (χ0n) is 37.2. The molecule has 64 heavy (non-hydrogen) atoms. The van der Waals surface area contributed by atoms with Gasteiger partial charge in [-0.1, -0.05) is 0 Å². The van der Waals surface area contributed by atoms with Crippen LogP contribution in [0.3, 0.4) is 0 Å². The SMILES string of the molecule is CCn1nc(C)cc1C(=O)Nc1nc2cc(C(N)=O)cc3c2n1[C@@H](CCCn1c(NC(O)c2cc(C)nn2CC)nc2cc(C(N)=O)cc(OCCCN(C)C(=O)CN(C)C)c21)CO3. The van der Waals surface area contributed by atoms with Crippen molar-refractivity contribution in [3.63, 3.8) is 0 Å². The zero-order valence-corrected chi connectivity index (χ0v) is 37.2. The molecule has 2 atom stereocenters. The number of nitrogens with zero attached hydrogens (tertiary/aromatic N) is 10. The molecule has 21 nitrogen and oxygen atoms in total. The zero-order chi connectivity index (χ0) is 46.0. The molecule has 4 aromatic heterocycles. The van der Waals surface area contributed by atoms with E-state index in [1.165, 1.54) is 0 Å². The third-order valence-electron chi connectivity index (χ3n) is 11.1. The molecule has 2 aromatic carbocycles. The Hall–Kier alpha value is -7.00. The van der Waals surface area contributed by atoms with Gasteiger partial charge in [0.2, 0.25) is 29.6 Å². The summed E-state index contributed by atoms with van der Waals surface area (Å²) >= 11 is 0. The van der Waals surface area contributed by atoms with Gasteiger partial charge >= 0.3 is 0 Å². The first-order chi connectivity index (χ1) is 30.6. The molecular formula is C43H56N14O7. The van der Waals surface area contributed by atoms with Gasteiger partial charge in [-0.15, -0.1) is 0 Å². The Bertz CT molecular complexity index is 2730. The van der Waals surface area contributed by atoms with Gasteiger partial charge in [0.05, 0.1) is 47.3 Å². The van der Waals surface area contributed by atoms with E-state index in [0.29, 0.717) is 102 Å². The Morgan fingerprint density at radius 2 is 1.55 bits per heavy atom. The third kappa shape index (κ3) is 9.35. The second kappa shape index (κ2) is 18.8. The standard InChI is InChI=1S/C43H56N14O7/c1-8-55-31(16-24(3)50-55)40(61)48-42-46-29-18-26(38(44)59)20-33(63-15-11-13-53(7)35(58)22-52(5)6)36(29)54(42)14-10-12-28-23-64-34-21-27(39(45)60)19-30-37(34)57(28)43(47-30)49-41(62)32-17-25(4)51-56(32)9-2/h16-21,28,40,61H,8-15,22-23H2,1-7H3,(H2,44,59)(H2,45,60)(H,46,48)(H,47,49,62)/t28-,40?/m0/s1. The van der Waals surface area contributed by atoms with E-state index in [0.717, 1.165) is 5.69 Å². The van der Waals surface area contributed by atoms with Crippen molar-refractivity contribution >= 4 is 57.6 Å². The second-order valence-corrected chi connectivity index (χ2v) is 16.2. The van der Waals surface area contributed by atoms with Crippen LogP contribution in [0.15, 0.2) is 36.4 Å². The van der Waals surface area contributed by atoms with Crippen molar-refractivity contribution in [2.24, 2.45) is 11.5 Å². The first kappa shape index (κ1) is 45.0. The number of hydrogen-bond donors (Lipinski definition) is 5. The largest absolute Gasteiger partial charge is 0.491 e. The highest BCUT2D eigenvalue weighted by Crippen LogP contribution is 2.39. The van der Waals surface area contributed by atoms with E-state index >= 15 is 0 Å². The van der Waals surface area contributed by atoms with Crippen molar-refractivity contribution in [2.45, 2.75) is 78.9 Å². The van der Waals surface area contributed by atoms with Gasteiger partial charge in [-0.3, -0.25) is 33.9 Å². The Balaban J connectivity index is 1.22. The number of imidazole rings is 2. The highest BCUT2D eigenvalue weighted by atomic mass is 16.5. The number of carbonyl (C=O) groups excluding carboxylic acids is 4. The minimum Gasteiger partial charge on any atom is -0.491 e. The predicted molar refractivity (Wildman–Crippen MR) is 238 cm³/mol. The molecule has 7 N–H and O–H groups in total. The van der Waals surface area contributed by atoms with Crippen LogP contribution in [0, 0.1) is 13.8 Å². The summed E-state index contributed by atoms with van der Waals surface area (Å²) in [5.41, 5.74) is 16.2. The van der Waals surface area contributed by atoms with Crippen molar-refractivity contribution in [3.05, 3.63) is 70.3 Å². The van der Waals surface area contributed by atoms with Crippen LogP contribution in [0.1, 0.15) is 93.7 Å². The van der Waals surface area contributed by atoms with Crippen molar-refractivity contribution < 1.29 is 33.8 Å². The quantitative estimate of drug-likeness (QED) is 0.0546. The van der Waals surface area contributed by atoms with Gasteiger partial charge in [0.25, 0.3) is 5.91 Å². The van der Waals surface area contributed by atoms with Gasteiger partial charge in [-0.25, -0.2) is 9.97 Å². The molecule has 21 heteroatoms. The van der Waals surface area contributed by atoms with E-state index in [-0.39, 0.29) is 48.8 Å². The maximum Gasteiger partial charge on any atom is 0.276 e. The molecule has 0 fully saturated rings. The molecule has 1 aliphatic rings. The summed E-state index contributed by atoms with van der Waals surface area (Å²) in [5, 5.41) is 26.7. The number of carbonyl (C=O) groups is 4. The molecule has 0 aliphatic carbocycles. The normalized spacial score (nSPS) is 13.9. The highest BCUT2D eigenvalue weighted by molar-refractivity contribution is 6.04. The van der Waals surface area contributed by atoms with Gasteiger partial charge in [-0.05, 0) is 97.5 Å². The van der Waals surface area contributed by atoms with Crippen molar-refractivity contribution in [2.75, 3.05) is 58.1 Å². The number of fused-ring (bicyclic) bond motifs is 1. The number of aliphatic hydroxyl groups excluding tert-OH is 1. The maximum absolute atomic E-state index is 13.8. The van der Waals surface area contributed by atoms with E-state index < -0.39 is 23.9 Å². The number of ether oxygens (including phenoxy) is 2. The molecular weight excluding hydrogens is 825 g/mol. The van der Waals surface area contributed by atoms with Crippen molar-refractivity contribution in [1.82, 2.24) is 48.5 Å². The summed E-state index contributed by atoms with van der Waals surface area (Å²) in [5.74, 6) is -0.411. The van der Waals surface area contributed by atoms with E-state index in [4.69, 9.17) is 30.9 Å². The number of aliphatic hydroxyl groups is 1. The lowest BCUT2D eigenvalue weighted by Gasteiger charge is -2.27. The second-order valence-electron chi connectivity index (χ2n) is 16.2. The molecule has 6 aromatic rings. The van der Waals surface area contributed by atoms with Crippen LogP contribution in [-0.2, 0) is 24.4 Å². The summed E-state index contributed by atoms with van der Waals surface area (Å²) in [6.07, 6.45) is 0.303. The minimum atomic E-state index is -1.21. The number of primary amides is 2. The monoisotopic (exact) mass is 880 g/mol. The molecule has 0 spiro atoms. The fourth-order valence-electron chi connectivity index (χ4n) is 8.03. The third-order valence-corrected chi connectivity index (χ3v) is 11.1. The predicted octanol–water partition coefficient (Wildman–Crippen LogP) is 3.19. The molecule has 0 saturated carbocycles. The summed E-state index contributed by atoms with van der Waals surface area (Å²) in [6, 6.07) is 9.48. The van der Waals surface area contributed by atoms with Crippen LogP contribution < -0.4 is 31.6 Å². The summed E-state index contributed by atoms with van der Waals surface area (Å²) in [4.78, 5) is 64.3. The average Bonchev–Trinajstić information content (AvgIpc) is 4.02. The number of aryl methyl sites for hydroxylation is 5. The number of rotatable bonds is 20. The van der Waals surface area contributed by atoms with E-state index in [1.807, 2.05) is 55.8 Å². The lowest BCUT2D eigenvalue weighted by atomic mass is 10.1. The number of benzene rings is 2. The molecule has 340 valence electrons. The highest BCUT2D eigenvalue weighted by Gasteiger charge is 2.30. The first-order valence-electron chi connectivity index (χ1n) is 21.3. The van der Waals surface area contributed by atoms with Crippen LogP contribution in [0.25, 0.3) is 22.1 Å². The summed E-state index contributed by atoms with van der Waals surface area (Å²) in [7, 11) is 5.41. The van der Waals surface area contributed by atoms with Gasteiger partial charge in [0.15, 0.2) is 6.23 Å². The fourth-order valence-corrected chi connectivity index (χ4v) is 8.03. The lowest BCUT2D eigenvalue weighted by molar-refractivity contribution is -0.130. The van der Waals surface area contributed by atoms with Gasteiger partial charge in [0, 0.05) is 44.4 Å². The summed E-state index contributed by atoms with van der Waals surface area (Å²) < 4.78 is 19.8. The number of nitrogens with one attached hydrogen (secondary N) is 2. The van der Waals surface area contributed by atoms with Crippen LogP contribution in [0.5, 0.6) is 11.5 Å². The molecule has 1 aliphatic heterocycles. The van der Waals surface area contributed by atoms with Crippen LogP contribution >= 0.6 is 0 Å². The molecule has 1 unspecified atom stereocenters. The number of aromatic nitrogens is 8. The number of hydrogen-bond acceptors (Lipinski definition) is 13. The Labute approximate surface area is 369 Å². The maximum atomic E-state index is 13.8. The molecule has 0 saturated heterocycles. The average molecular weight is 881 g/mol. The molecule has 0 radical (unpaired) electrons. The fraction of sp³-hybridized carbons (Fsp3) is 0.442. The Morgan fingerprint density at radius 1 is 0.891 bits per heavy atom. The smallest absolute Gasteiger partial charge is 0.276 e. The molecule has 0 bridgehead atoms. The van der Waals surface area contributed by atoms with Crippen molar-refractivity contribution in [1.29, 1.82) is 0 Å². The minimum absolute atomic E-state index is 0.0257. The molecule has 7 rings (SSSR count). The van der Waals surface area contributed by atoms with E-state index in [9.17, 15) is 24.3 Å². The van der Waals surface area contributed by atoms with Gasteiger partial charge in [0.1, 0.15) is 34.8 Å². The van der Waals surface area contributed by atoms with Crippen molar-refractivity contribution in [3.8, 4) is 11.5 Å². The topological polar surface area (TPSA) is 261 Å². The Morgan fingerprint density at radius 3 is 2.23 bits per heavy atom. The number of anilines is 2. The lowest BCUT2D eigenvalue weighted by Crippen LogP contribution is -2.36. The van der Waals surface area contributed by atoms with Gasteiger partial charge < -0.3 is 50.3 Å². The van der Waals surface area contributed by atoms with Crippen LogP contribution in [0.4, 0.5) is 11.9 Å². The van der Waals surface area contributed by atoms with E-state index in [1.54, 1.807) is 57.7 Å². The number of nitrogens with two attached hydrogens (primary N) is 2. The van der Waals surface area contributed by atoms with Crippen LogP contribution in [-0.4, -0.2) is 125 Å². The molecule has 5 heterocycles. The number of likely N-dealkylation sites (N-methyl/N-ethyl adjacent to an activating group) is 2. The van der Waals surface area contributed by atoms with Gasteiger partial charge in [-0.2, -0.15) is 10.2 Å². The van der Waals surface area contributed by atoms with E-state index in [2.05, 4.69) is 20.8 Å². The number of amides is 4. The molecule has 4 amide bonds.